The molecule has 3 rings (SSSR count). The van der Waals surface area contributed by atoms with E-state index in [1.54, 1.807) is 6.33 Å². The van der Waals surface area contributed by atoms with Gasteiger partial charge in [0.2, 0.25) is 5.91 Å². The predicted octanol–water partition coefficient (Wildman–Crippen LogP) is 1.32. The van der Waals surface area contributed by atoms with E-state index >= 15 is 0 Å². The van der Waals surface area contributed by atoms with E-state index < -0.39 is 0 Å². The van der Waals surface area contributed by atoms with E-state index in [0.29, 0.717) is 6.42 Å². The highest BCUT2D eigenvalue weighted by atomic mass is 16.1. The van der Waals surface area contributed by atoms with E-state index in [9.17, 15) is 4.79 Å². The van der Waals surface area contributed by atoms with Crippen LogP contribution in [0.3, 0.4) is 0 Å². The van der Waals surface area contributed by atoms with Crippen LogP contribution in [-0.4, -0.2) is 26.9 Å². The highest BCUT2D eigenvalue weighted by molar-refractivity contribution is 5.74. The minimum Gasteiger partial charge on any atom is -0.370 e. The molecule has 2 heterocycles. The van der Waals surface area contributed by atoms with Crippen LogP contribution in [0.1, 0.15) is 23.7 Å². The van der Waals surface area contributed by atoms with Crippen molar-refractivity contribution in [2.24, 2.45) is 5.73 Å². The van der Waals surface area contributed by atoms with Crippen molar-refractivity contribution in [2.75, 3.05) is 6.54 Å². The standard InChI is InChI=1S/C15H18N4O/c16-15(20)6-13-9-18(8-12-4-2-1-3-5-12)10-14-7-17-11-19(13)14/h1-5,7,11,13H,6,8-10H2,(H2,16,20). The number of carbonyl (C=O) groups is 1. The lowest BCUT2D eigenvalue weighted by atomic mass is 10.1. The maximum atomic E-state index is 11.2. The first-order valence-corrected chi connectivity index (χ1v) is 6.77. The number of imidazole rings is 1. The summed E-state index contributed by atoms with van der Waals surface area (Å²) in [7, 11) is 0. The van der Waals surface area contributed by atoms with Gasteiger partial charge in [-0.3, -0.25) is 9.69 Å². The zero-order valence-corrected chi connectivity index (χ0v) is 11.3. The van der Waals surface area contributed by atoms with Crippen LogP contribution in [-0.2, 0) is 17.9 Å². The average molecular weight is 270 g/mol. The Kier molecular flexibility index (Phi) is 3.52. The summed E-state index contributed by atoms with van der Waals surface area (Å²) < 4.78 is 2.08. The van der Waals surface area contributed by atoms with Gasteiger partial charge in [-0.05, 0) is 5.56 Å². The number of nitrogens with two attached hydrogens (primary N) is 1. The quantitative estimate of drug-likeness (QED) is 0.911. The summed E-state index contributed by atoms with van der Waals surface area (Å²) in [6.07, 6.45) is 4.02. The van der Waals surface area contributed by atoms with Gasteiger partial charge < -0.3 is 10.3 Å². The van der Waals surface area contributed by atoms with Gasteiger partial charge in [0.1, 0.15) is 0 Å². The molecule has 1 aliphatic heterocycles. The lowest BCUT2D eigenvalue weighted by Gasteiger charge is -2.34. The number of amides is 1. The summed E-state index contributed by atoms with van der Waals surface area (Å²) in [4.78, 5) is 17.8. The molecule has 1 unspecified atom stereocenters. The summed E-state index contributed by atoms with van der Waals surface area (Å²) in [6, 6.07) is 10.4. The van der Waals surface area contributed by atoms with Crippen molar-refractivity contribution in [3.63, 3.8) is 0 Å². The molecule has 1 aromatic heterocycles. The Bertz CT molecular complexity index is 593. The molecule has 0 spiro atoms. The smallest absolute Gasteiger partial charge is 0.219 e. The van der Waals surface area contributed by atoms with Gasteiger partial charge in [0, 0.05) is 32.3 Å². The Morgan fingerprint density at radius 2 is 2.15 bits per heavy atom. The molecule has 0 fully saturated rings. The lowest BCUT2D eigenvalue weighted by molar-refractivity contribution is -0.119. The number of hydrogen-bond acceptors (Lipinski definition) is 3. The molecule has 1 aromatic carbocycles. The number of hydrogen-bond donors (Lipinski definition) is 1. The van der Waals surface area contributed by atoms with Crippen molar-refractivity contribution in [3.05, 3.63) is 54.1 Å². The molecular formula is C15H18N4O. The molecule has 2 N–H and O–H groups in total. The fourth-order valence-corrected chi connectivity index (χ4v) is 2.82. The fourth-order valence-electron chi connectivity index (χ4n) is 2.82. The second-order valence-electron chi connectivity index (χ2n) is 5.27. The normalized spacial score (nSPS) is 18.7. The Balaban J connectivity index is 1.77. The Hall–Kier alpha value is -2.14. The molecule has 2 aromatic rings. The topological polar surface area (TPSA) is 64.2 Å². The number of carbonyl (C=O) groups excluding carboxylic acids is 1. The van der Waals surface area contributed by atoms with Crippen LogP contribution in [0, 0.1) is 0 Å². The minimum absolute atomic E-state index is 0.0856. The lowest BCUT2D eigenvalue weighted by Crippen LogP contribution is -2.38. The Labute approximate surface area is 118 Å². The van der Waals surface area contributed by atoms with Crippen LogP contribution in [0.5, 0.6) is 0 Å². The van der Waals surface area contributed by atoms with Crippen molar-refractivity contribution < 1.29 is 4.79 Å². The van der Waals surface area contributed by atoms with Crippen molar-refractivity contribution in [1.82, 2.24) is 14.5 Å². The third-order valence-corrected chi connectivity index (χ3v) is 3.68. The summed E-state index contributed by atoms with van der Waals surface area (Å²) >= 11 is 0. The SMILES string of the molecule is NC(=O)CC1CN(Cc2ccccc2)Cc2cncn21. The van der Waals surface area contributed by atoms with Crippen LogP contribution < -0.4 is 5.73 Å². The first-order valence-electron chi connectivity index (χ1n) is 6.77. The van der Waals surface area contributed by atoms with E-state index in [1.165, 1.54) is 5.56 Å². The number of rotatable bonds is 4. The molecule has 0 saturated carbocycles. The van der Waals surface area contributed by atoms with Gasteiger partial charge in [-0.2, -0.15) is 0 Å². The third kappa shape index (κ3) is 2.72. The predicted molar refractivity (Wildman–Crippen MR) is 75.6 cm³/mol. The van der Waals surface area contributed by atoms with E-state index in [2.05, 4.69) is 26.6 Å². The zero-order valence-electron chi connectivity index (χ0n) is 11.3. The molecule has 1 atom stereocenters. The van der Waals surface area contributed by atoms with Crippen molar-refractivity contribution >= 4 is 5.91 Å². The van der Waals surface area contributed by atoms with E-state index in [1.807, 2.05) is 24.4 Å². The monoisotopic (exact) mass is 270 g/mol. The molecule has 20 heavy (non-hydrogen) atoms. The molecule has 5 heteroatoms. The molecule has 5 nitrogen and oxygen atoms in total. The molecule has 1 aliphatic rings. The van der Waals surface area contributed by atoms with Gasteiger partial charge in [-0.1, -0.05) is 30.3 Å². The van der Waals surface area contributed by atoms with Gasteiger partial charge in [0.05, 0.1) is 18.1 Å². The van der Waals surface area contributed by atoms with Gasteiger partial charge in [0.15, 0.2) is 0 Å². The van der Waals surface area contributed by atoms with Crippen molar-refractivity contribution in [3.8, 4) is 0 Å². The molecular weight excluding hydrogens is 252 g/mol. The van der Waals surface area contributed by atoms with Crippen LogP contribution in [0.2, 0.25) is 0 Å². The van der Waals surface area contributed by atoms with Crippen LogP contribution in [0.4, 0.5) is 0 Å². The van der Waals surface area contributed by atoms with Gasteiger partial charge >= 0.3 is 0 Å². The molecule has 104 valence electrons. The molecule has 0 radical (unpaired) electrons. The zero-order chi connectivity index (χ0) is 13.9. The number of aromatic nitrogens is 2. The second kappa shape index (κ2) is 5.46. The minimum atomic E-state index is -0.267. The Morgan fingerprint density at radius 1 is 1.35 bits per heavy atom. The molecule has 0 saturated heterocycles. The summed E-state index contributed by atoms with van der Waals surface area (Å²) in [5.74, 6) is -0.267. The largest absolute Gasteiger partial charge is 0.370 e. The van der Waals surface area contributed by atoms with Crippen LogP contribution >= 0.6 is 0 Å². The van der Waals surface area contributed by atoms with Crippen LogP contribution in [0.25, 0.3) is 0 Å². The number of benzene rings is 1. The van der Waals surface area contributed by atoms with Crippen molar-refractivity contribution in [1.29, 1.82) is 0 Å². The van der Waals surface area contributed by atoms with Crippen molar-refractivity contribution in [2.45, 2.75) is 25.6 Å². The highest BCUT2D eigenvalue weighted by Gasteiger charge is 2.25. The molecule has 0 bridgehead atoms. The maximum absolute atomic E-state index is 11.2. The van der Waals surface area contributed by atoms with E-state index in [4.69, 9.17) is 5.73 Å². The van der Waals surface area contributed by atoms with Crippen LogP contribution in [0.15, 0.2) is 42.9 Å². The van der Waals surface area contributed by atoms with E-state index in [-0.39, 0.29) is 11.9 Å². The Morgan fingerprint density at radius 3 is 2.90 bits per heavy atom. The highest BCUT2D eigenvalue weighted by Crippen LogP contribution is 2.24. The van der Waals surface area contributed by atoms with Gasteiger partial charge in [-0.25, -0.2) is 4.98 Å². The fraction of sp³-hybridized carbons (Fsp3) is 0.333. The van der Waals surface area contributed by atoms with Gasteiger partial charge in [0.25, 0.3) is 0 Å². The maximum Gasteiger partial charge on any atom is 0.219 e. The number of primary amides is 1. The molecule has 0 aliphatic carbocycles. The van der Waals surface area contributed by atoms with Gasteiger partial charge in [-0.15, -0.1) is 0 Å². The summed E-state index contributed by atoms with van der Waals surface area (Å²) in [5, 5.41) is 0. The number of fused-ring (bicyclic) bond motifs is 1. The second-order valence-corrected chi connectivity index (χ2v) is 5.27. The summed E-state index contributed by atoms with van der Waals surface area (Å²) in [6.45, 7) is 2.55. The van der Waals surface area contributed by atoms with E-state index in [0.717, 1.165) is 25.3 Å². The first-order chi connectivity index (χ1) is 9.72. The summed E-state index contributed by atoms with van der Waals surface area (Å²) in [5.41, 5.74) is 7.77. The first kappa shape index (κ1) is 12.9. The average Bonchev–Trinajstić information content (AvgIpc) is 2.88. The number of nitrogens with zero attached hydrogens (tertiary/aromatic N) is 3. The third-order valence-electron chi connectivity index (χ3n) is 3.68. The molecule has 1 amide bonds.